The van der Waals surface area contributed by atoms with E-state index in [1.54, 1.807) is 0 Å². The second-order valence-electron chi connectivity index (χ2n) is 5.36. The van der Waals surface area contributed by atoms with Gasteiger partial charge < -0.3 is 5.11 Å². The van der Waals surface area contributed by atoms with E-state index in [1.807, 2.05) is 0 Å². The Bertz CT molecular complexity index is 777. The number of aromatic carboxylic acids is 1. The molecule has 12 heteroatoms. The molecule has 0 aromatic heterocycles. The van der Waals surface area contributed by atoms with Gasteiger partial charge in [-0.2, -0.15) is 17.5 Å². The zero-order chi connectivity index (χ0) is 19.0. The molecule has 140 valence electrons. The van der Waals surface area contributed by atoms with E-state index in [-0.39, 0.29) is 26.2 Å². The van der Waals surface area contributed by atoms with E-state index in [0.29, 0.717) is 12.1 Å². The third kappa shape index (κ3) is 4.60. The Hall–Kier alpha value is -1.43. The number of piperazine rings is 1. The number of sulfonamides is 1. The number of carbonyl (C=O) groups is 1. The van der Waals surface area contributed by atoms with Crippen LogP contribution in [0.1, 0.15) is 10.4 Å². The molecule has 1 fully saturated rings. The molecule has 0 aliphatic carbocycles. The summed E-state index contributed by atoms with van der Waals surface area (Å²) in [5.41, 5.74) is -0.586. The van der Waals surface area contributed by atoms with Gasteiger partial charge in [0.05, 0.1) is 17.1 Å². The summed E-state index contributed by atoms with van der Waals surface area (Å²) in [4.78, 5) is 11.2. The molecule has 0 atom stereocenters. The van der Waals surface area contributed by atoms with Gasteiger partial charge in [0.1, 0.15) is 10.7 Å². The van der Waals surface area contributed by atoms with Crippen LogP contribution in [0.5, 0.6) is 0 Å². The molecule has 0 radical (unpaired) electrons. The molecule has 0 spiro atoms. The summed E-state index contributed by atoms with van der Waals surface area (Å²) in [6.45, 7) is -2.08. The van der Waals surface area contributed by atoms with Crippen LogP contribution >= 0.6 is 11.6 Å². The molecule has 1 aromatic carbocycles. The zero-order valence-electron chi connectivity index (χ0n) is 12.6. The maximum atomic E-state index is 14.0. The van der Waals surface area contributed by atoms with E-state index < -0.39 is 50.0 Å². The average molecular weight is 405 g/mol. The fourth-order valence-electron chi connectivity index (χ4n) is 2.41. The van der Waals surface area contributed by atoms with Gasteiger partial charge >= 0.3 is 12.1 Å². The van der Waals surface area contributed by atoms with Crippen molar-refractivity contribution in [1.82, 2.24) is 9.21 Å². The van der Waals surface area contributed by atoms with Crippen LogP contribution in [-0.4, -0.2) is 67.6 Å². The Balaban J connectivity index is 2.23. The molecule has 1 heterocycles. The summed E-state index contributed by atoms with van der Waals surface area (Å²) in [6.07, 6.45) is -4.40. The van der Waals surface area contributed by atoms with E-state index in [1.165, 1.54) is 0 Å². The molecule has 1 aromatic rings. The molecule has 1 aliphatic rings. The third-order valence-electron chi connectivity index (χ3n) is 3.60. The van der Waals surface area contributed by atoms with Crippen molar-refractivity contribution in [2.24, 2.45) is 0 Å². The van der Waals surface area contributed by atoms with Crippen molar-refractivity contribution in [3.8, 4) is 0 Å². The van der Waals surface area contributed by atoms with Gasteiger partial charge in [-0.15, -0.1) is 0 Å². The lowest BCUT2D eigenvalue weighted by atomic mass is 10.2. The summed E-state index contributed by atoms with van der Waals surface area (Å²) < 4.78 is 76.9. The van der Waals surface area contributed by atoms with Crippen LogP contribution in [0.2, 0.25) is 5.02 Å². The van der Waals surface area contributed by atoms with Gasteiger partial charge in [-0.1, -0.05) is 11.6 Å². The van der Waals surface area contributed by atoms with Crippen LogP contribution in [0, 0.1) is 5.82 Å². The highest BCUT2D eigenvalue weighted by atomic mass is 35.5. The number of benzene rings is 1. The van der Waals surface area contributed by atoms with E-state index in [4.69, 9.17) is 16.7 Å². The van der Waals surface area contributed by atoms with Crippen LogP contribution in [0.3, 0.4) is 0 Å². The lowest BCUT2D eigenvalue weighted by Gasteiger charge is -2.34. The van der Waals surface area contributed by atoms with Crippen molar-refractivity contribution in [1.29, 1.82) is 0 Å². The maximum Gasteiger partial charge on any atom is 0.401 e. The minimum absolute atomic E-state index is 0.181. The van der Waals surface area contributed by atoms with Crippen LogP contribution in [0.25, 0.3) is 0 Å². The summed E-state index contributed by atoms with van der Waals surface area (Å²) in [5.74, 6) is -2.76. The van der Waals surface area contributed by atoms with Crippen molar-refractivity contribution in [3.05, 3.63) is 28.5 Å². The Kier molecular flexibility index (Phi) is 5.62. The van der Waals surface area contributed by atoms with E-state index in [0.717, 1.165) is 9.21 Å². The Labute approximate surface area is 145 Å². The molecule has 0 saturated carbocycles. The lowest BCUT2D eigenvalue weighted by Crippen LogP contribution is -2.50. The number of nitrogens with zero attached hydrogens (tertiary/aromatic N) is 2. The number of rotatable bonds is 4. The highest BCUT2D eigenvalue weighted by Crippen LogP contribution is 2.27. The van der Waals surface area contributed by atoms with Crippen LogP contribution in [0.4, 0.5) is 17.6 Å². The first kappa shape index (κ1) is 19.9. The summed E-state index contributed by atoms with van der Waals surface area (Å²) in [6, 6.07) is 1.19. The van der Waals surface area contributed by atoms with Gasteiger partial charge in [0, 0.05) is 26.2 Å². The van der Waals surface area contributed by atoms with Gasteiger partial charge in [0.2, 0.25) is 10.0 Å². The normalized spacial score (nSPS) is 17.6. The molecule has 0 amide bonds. The minimum Gasteiger partial charge on any atom is -0.478 e. The molecule has 2 rings (SSSR count). The molecule has 1 saturated heterocycles. The monoisotopic (exact) mass is 404 g/mol. The van der Waals surface area contributed by atoms with E-state index in [9.17, 15) is 30.8 Å². The highest BCUT2D eigenvalue weighted by Gasteiger charge is 2.36. The topological polar surface area (TPSA) is 77.9 Å². The predicted octanol–water partition coefficient (Wildman–Crippen LogP) is 2.05. The van der Waals surface area contributed by atoms with Gasteiger partial charge in [0.15, 0.2) is 0 Å². The second-order valence-corrected chi connectivity index (χ2v) is 7.68. The van der Waals surface area contributed by atoms with E-state index in [2.05, 4.69) is 0 Å². The second kappa shape index (κ2) is 7.06. The number of halogens is 5. The van der Waals surface area contributed by atoms with Crippen molar-refractivity contribution >= 4 is 27.6 Å². The largest absolute Gasteiger partial charge is 0.478 e. The predicted molar refractivity (Wildman–Crippen MR) is 79.6 cm³/mol. The van der Waals surface area contributed by atoms with Crippen LogP contribution < -0.4 is 0 Å². The van der Waals surface area contributed by atoms with Crippen LogP contribution in [0.15, 0.2) is 17.0 Å². The molecular weight excluding hydrogens is 392 g/mol. The van der Waals surface area contributed by atoms with Gasteiger partial charge in [0.25, 0.3) is 0 Å². The number of carboxylic acid groups (broad SMARTS) is 1. The molecule has 0 unspecified atom stereocenters. The first-order valence-corrected chi connectivity index (χ1v) is 8.75. The quantitative estimate of drug-likeness (QED) is 0.777. The van der Waals surface area contributed by atoms with Gasteiger partial charge in [-0.3, -0.25) is 4.90 Å². The van der Waals surface area contributed by atoms with Crippen LogP contribution in [-0.2, 0) is 10.0 Å². The zero-order valence-corrected chi connectivity index (χ0v) is 14.1. The SMILES string of the molecule is O=C(O)c1cc(S(=O)(=O)N2CCN(CC(F)(F)F)CC2)c(F)cc1Cl. The smallest absolute Gasteiger partial charge is 0.401 e. The number of hydrogen-bond acceptors (Lipinski definition) is 4. The first-order chi connectivity index (χ1) is 11.4. The van der Waals surface area contributed by atoms with Gasteiger partial charge in [-0.05, 0) is 12.1 Å². The molecule has 6 nitrogen and oxygen atoms in total. The molecular formula is C13H13ClF4N2O4S. The van der Waals surface area contributed by atoms with Crippen molar-refractivity contribution in [2.45, 2.75) is 11.1 Å². The molecule has 0 bridgehead atoms. The third-order valence-corrected chi connectivity index (χ3v) is 5.83. The fraction of sp³-hybridized carbons (Fsp3) is 0.462. The fourth-order valence-corrected chi connectivity index (χ4v) is 4.14. The Morgan fingerprint density at radius 2 is 1.76 bits per heavy atom. The average Bonchev–Trinajstić information content (AvgIpc) is 2.45. The molecule has 25 heavy (non-hydrogen) atoms. The summed E-state index contributed by atoms with van der Waals surface area (Å²) in [7, 11) is -4.40. The number of carboxylic acids is 1. The molecule has 1 N–H and O–H groups in total. The first-order valence-electron chi connectivity index (χ1n) is 6.93. The highest BCUT2D eigenvalue weighted by molar-refractivity contribution is 7.89. The summed E-state index contributed by atoms with van der Waals surface area (Å²) in [5, 5.41) is 8.51. The Morgan fingerprint density at radius 3 is 2.24 bits per heavy atom. The summed E-state index contributed by atoms with van der Waals surface area (Å²) >= 11 is 5.57. The van der Waals surface area contributed by atoms with Crippen molar-refractivity contribution < 1.29 is 35.9 Å². The number of hydrogen-bond donors (Lipinski definition) is 1. The molecule has 1 aliphatic heterocycles. The van der Waals surface area contributed by atoms with Crippen molar-refractivity contribution in [3.63, 3.8) is 0 Å². The standard InChI is InChI=1S/C13H13ClF4N2O4S/c14-9-6-10(15)11(5-8(9)12(21)22)25(23,24)20-3-1-19(2-4-20)7-13(16,17)18/h5-6H,1-4,7H2,(H,21,22). The number of alkyl halides is 3. The minimum atomic E-state index is -4.40. The van der Waals surface area contributed by atoms with Gasteiger partial charge in [-0.25, -0.2) is 17.6 Å². The van der Waals surface area contributed by atoms with Crippen molar-refractivity contribution in [2.75, 3.05) is 32.7 Å². The lowest BCUT2D eigenvalue weighted by molar-refractivity contribution is -0.148. The van der Waals surface area contributed by atoms with E-state index >= 15 is 0 Å². The Morgan fingerprint density at radius 1 is 1.20 bits per heavy atom. The maximum absolute atomic E-state index is 14.0.